The van der Waals surface area contributed by atoms with Crippen molar-refractivity contribution in [3.8, 4) is 0 Å². The van der Waals surface area contributed by atoms with Gasteiger partial charge in [-0.1, -0.05) is 18.7 Å². The first-order valence-corrected chi connectivity index (χ1v) is 11.6. The number of esters is 1. The second-order valence-corrected chi connectivity index (χ2v) is 9.34. The quantitative estimate of drug-likeness (QED) is 0.365. The minimum atomic E-state index is -4.59. The van der Waals surface area contributed by atoms with E-state index < -0.39 is 23.7 Å². The number of ether oxygens (including phenoxy) is 1. The number of carbonyl (C=O) groups excluding carboxylic acids is 2. The number of thioether (sulfide) groups is 1. The van der Waals surface area contributed by atoms with Crippen LogP contribution in [0.25, 0.3) is 0 Å². The Bertz CT molecular complexity index is 992. The summed E-state index contributed by atoms with van der Waals surface area (Å²) in [7, 11) is 0. The first kappa shape index (κ1) is 23.5. The first-order chi connectivity index (χ1) is 14.6. The number of fused-ring (bicyclic) bond motifs is 1. The molecule has 2 heterocycles. The van der Waals surface area contributed by atoms with Gasteiger partial charge >= 0.3 is 12.1 Å². The molecule has 11 heteroatoms. The lowest BCUT2D eigenvalue weighted by Crippen LogP contribution is -2.18. The molecule has 6 nitrogen and oxygen atoms in total. The Morgan fingerprint density at radius 1 is 1.35 bits per heavy atom. The summed E-state index contributed by atoms with van der Waals surface area (Å²) < 4.78 is 44.0. The number of rotatable bonds is 6. The SMILES string of the molecule is CCOC(=O)c1c(NC(=O)CSc2nc(C)cc(C(F)(F)F)n2)sc2c1CC[C@@H](C)C2. The van der Waals surface area contributed by atoms with Crippen molar-refractivity contribution in [3.63, 3.8) is 0 Å². The molecule has 0 unspecified atom stereocenters. The lowest BCUT2D eigenvalue weighted by Gasteiger charge is -2.18. The van der Waals surface area contributed by atoms with Gasteiger partial charge in [0.1, 0.15) is 10.7 Å². The minimum Gasteiger partial charge on any atom is -0.462 e. The molecule has 0 saturated heterocycles. The predicted octanol–water partition coefficient (Wildman–Crippen LogP) is 4.90. The summed E-state index contributed by atoms with van der Waals surface area (Å²) in [6, 6.07) is 0.854. The zero-order chi connectivity index (χ0) is 22.8. The molecule has 2 aromatic heterocycles. The number of alkyl halides is 3. The van der Waals surface area contributed by atoms with E-state index in [-0.39, 0.29) is 23.2 Å². The molecule has 1 N–H and O–H groups in total. The number of aryl methyl sites for hydroxylation is 1. The monoisotopic (exact) mass is 473 g/mol. The molecule has 0 aromatic carbocycles. The van der Waals surface area contributed by atoms with Gasteiger partial charge in [-0.05, 0) is 50.7 Å². The number of nitrogens with one attached hydrogen (secondary N) is 1. The summed E-state index contributed by atoms with van der Waals surface area (Å²) in [5.74, 6) is -0.640. The van der Waals surface area contributed by atoms with E-state index in [0.29, 0.717) is 16.5 Å². The van der Waals surface area contributed by atoms with E-state index in [1.54, 1.807) is 6.92 Å². The van der Waals surface area contributed by atoms with Gasteiger partial charge in [0.2, 0.25) is 5.91 Å². The van der Waals surface area contributed by atoms with E-state index in [1.165, 1.54) is 18.3 Å². The Morgan fingerprint density at radius 2 is 2.10 bits per heavy atom. The number of thiophene rings is 1. The number of aromatic nitrogens is 2. The fourth-order valence-electron chi connectivity index (χ4n) is 3.30. The van der Waals surface area contributed by atoms with Crippen LogP contribution < -0.4 is 5.32 Å². The number of carbonyl (C=O) groups is 2. The van der Waals surface area contributed by atoms with E-state index in [4.69, 9.17) is 4.74 Å². The van der Waals surface area contributed by atoms with Gasteiger partial charge in [0.15, 0.2) is 5.16 Å². The normalized spacial score (nSPS) is 16.0. The summed E-state index contributed by atoms with van der Waals surface area (Å²) in [6.07, 6.45) is -2.07. The average molecular weight is 474 g/mol. The molecule has 0 aliphatic heterocycles. The van der Waals surface area contributed by atoms with Crippen LogP contribution in [0.4, 0.5) is 18.2 Å². The molecule has 3 rings (SSSR count). The molecule has 31 heavy (non-hydrogen) atoms. The summed E-state index contributed by atoms with van der Waals surface area (Å²) in [6.45, 7) is 5.50. The molecule has 0 bridgehead atoms. The Morgan fingerprint density at radius 3 is 2.77 bits per heavy atom. The maximum Gasteiger partial charge on any atom is 0.433 e. The van der Waals surface area contributed by atoms with Crippen LogP contribution in [0.5, 0.6) is 0 Å². The molecule has 2 aromatic rings. The number of amides is 1. The Hall–Kier alpha value is -2.14. The van der Waals surface area contributed by atoms with Crippen LogP contribution in [0.2, 0.25) is 0 Å². The largest absolute Gasteiger partial charge is 0.462 e. The van der Waals surface area contributed by atoms with E-state index in [0.717, 1.165) is 47.5 Å². The maximum absolute atomic E-state index is 12.9. The zero-order valence-electron chi connectivity index (χ0n) is 17.3. The molecule has 1 atom stereocenters. The van der Waals surface area contributed by atoms with Crippen molar-refractivity contribution < 1.29 is 27.5 Å². The van der Waals surface area contributed by atoms with Crippen molar-refractivity contribution in [3.05, 3.63) is 33.5 Å². The van der Waals surface area contributed by atoms with Crippen molar-refractivity contribution >= 4 is 40.0 Å². The van der Waals surface area contributed by atoms with Crippen molar-refractivity contribution in [2.24, 2.45) is 5.92 Å². The van der Waals surface area contributed by atoms with E-state index >= 15 is 0 Å². The Kier molecular flexibility index (Phi) is 7.25. The van der Waals surface area contributed by atoms with Crippen molar-refractivity contribution in [2.45, 2.75) is 51.4 Å². The molecule has 0 radical (unpaired) electrons. The van der Waals surface area contributed by atoms with Crippen molar-refractivity contribution in [1.29, 1.82) is 0 Å². The maximum atomic E-state index is 12.9. The highest BCUT2D eigenvalue weighted by Crippen LogP contribution is 2.40. The van der Waals surface area contributed by atoms with Gasteiger partial charge in [0.25, 0.3) is 0 Å². The van der Waals surface area contributed by atoms with Crippen LogP contribution in [-0.4, -0.2) is 34.2 Å². The average Bonchev–Trinajstić information content (AvgIpc) is 3.02. The van der Waals surface area contributed by atoms with Crippen molar-refractivity contribution in [1.82, 2.24) is 9.97 Å². The van der Waals surface area contributed by atoms with Crippen LogP contribution in [0.1, 0.15) is 52.5 Å². The van der Waals surface area contributed by atoms with E-state index in [1.807, 2.05) is 0 Å². The Balaban J connectivity index is 1.75. The van der Waals surface area contributed by atoms with Gasteiger partial charge in [-0.3, -0.25) is 4.79 Å². The third-order valence-electron chi connectivity index (χ3n) is 4.70. The zero-order valence-corrected chi connectivity index (χ0v) is 18.9. The third-order valence-corrected chi connectivity index (χ3v) is 6.72. The lowest BCUT2D eigenvalue weighted by molar-refractivity contribution is -0.141. The van der Waals surface area contributed by atoms with Gasteiger partial charge in [0.05, 0.1) is 17.9 Å². The van der Waals surface area contributed by atoms with E-state index in [2.05, 4.69) is 22.2 Å². The lowest BCUT2D eigenvalue weighted by atomic mass is 9.88. The smallest absolute Gasteiger partial charge is 0.433 e. The highest BCUT2D eigenvalue weighted by atomic mass is 32.2. The van der Waals surface area contributed by atoms with Gasteiger partial charge in [-0.2, -0.15) is 13.2 Å². The molecular weight excluding hydrogens is 451 g/mol. The summed E-state index contributed by atoms with van der Waals surface area (Å²) >= 11 is 2.16. The first-order valence-electron chi connectivity index (χ1n) is 9.75. The van der Waals surface area contributed by atoms with Gasteiger partial charge in [-0.15, -0.1) is 11.3 Å². The third kappa shape index (κ3) is 5.76. The number of halogens is 3. The van der Waals surface area contributed by atoms with Crippen LogP contribution in [0.3, 0.4) is 0 Å². The highest BCUT2D eigenvalue weighted by molar-refractivity contribution is 7.99. The molecule has 0 spiro atoms. The second kappa shape index (κ2) is 9.56. The molecule has 0 fully saturated rings. The Labute approximate surface area is 186 Å². The van der Waals surface area contributed by atoms with Crippen LogP contribution in [0, 0.1) is 12.8 Å². The van der Waals surface area contributed by atoms with Crippen molar-refractivity contribution in [2.75, 3.05) is 17.7 Å². The highest BCUT2D eigenvalue weighted by Gasteiger charge is 2.33. The number of anilines is 1. The molecule has 0 saturated carbocycles. The topological polar surface area (TPSA) is 81.2 Å². The molecule has 168 valence electrons. The van der Waals surface area contributed by atoms with Crippen LogP contribution in [-0.2, 0) is 28.5 Å². The molecule has 1 aliphatic rings. The van der Waals surface area contributed by atoms with Gasteiger partial charge < -0.3 is 10.1 Å². The standard InChI is InChI=1S/C20H22F3N3O3S2/c1-4-29-18(28)16-12-6-5-10(2)7-13(12)31-17(16)26-15(27)9-30-19-24-11(3)8-14(25-19)20(21,22)23/h8,10H,4-7,9H2,1-3H3,(H,26,27)/t10-/m1/s1. The fraction of sp³-hybridized carbons (Fsp3) is 0.500. The number of hydrogen-bond acceptors (Lipinski definition) is 7. The molecule has 1 aliphatic carbocycles. The van der Waals surface area contributed by atoms with Crippen LogP contribution >= 0.6 is 23.1 Å². The minimum absolute atomic E-state index is 0.132. The van der Waals surface area contributed by atoms with Gasteiger partial charge in [-0.25, -0.2) is 14.8 Å². The fourth-order valence-corrected chi connectivity index (χ4v) is 5.42. The van der Waals surface area contributed by atoms with Gasteiger partial charge in [0, 0.05) is 10.6 Å². The molecular formula is C20H22F3N3O3S2. The molecule has 1 amide bonds. The second-order valence-electron chi connectivity index (χ2n) is 7.29. The van der Waals surface area contributed by atoms with Crippen LogP contribution in [0.15, 0.2) is 11.2 Å². The predicted molar refractivity (Wildman–Crippen MR) is 113 cm³/mol. The number of nitrogens with zero attached hydrogens (tertiary/aromatic N) is 2. The summed E-state index contributed by atoms with van der Waals surface area (Å²) in [5.41, 5.74) is 0.419. The summed E-state index contributed by atoms with van der Waals surface area (Å²) in [4.78, 5) is 33.5. The number of hydrogen-bond donors (Lipinski definition) is 1. The van der Waals surface area contributed by atoms with E-state index in [9.17, 15) is 22.8 Å². The summed E-state index contributed by atoms with van der Waals surface area (Å²) in [5, 5.41) is 3.02.